The lowest BCUT2D eigenvalue weighted by Gasteiger charge is -2.27. The summed E-state index contributed by atoms with van der Waals surface area (Å²) in [6.07, 6.45) is -0.258. The van der Waals surface area contributed by atoms with Crippen molar-refractivity contribution in [2.75, 3.05) is 19.1 Å². The lowest BCUT2D eigenvalue weighted by atomic mass is 10.0. The van der Waals surface area contributed by atoms with E-state index in [4.69, 9.17) is 0 Å². The van der Waals surface area contributed by atoms with E-state index in [0.717, 1.165) is 38.6 Å². The number of carbonyl (C=O) groups excluding carboxylic acids is 2. The number of ether oxygens (including phenoxy) is 2. The number of aromatic carboxylic acids is 1. The fourth-order valence-corrected chi connectivity index (χ4v) is 2.54. The van der Waals surface area contributed by atoms with Crippen LogP contribution in [0, 0.1) is 0 Å². The number of hydrogen-bond acceptors (Lipinski definition) is 6. The predicted molar refractivity (Wildman–Crippen MR) is 90.2 cm³/mol. The van der Waals surface area contributed by atoms with E-state index in [-0.39, 0.29) is 0 Å². The molecule has 7 nitrogen and oxygen atoms in total. The third kappa shape index (κ3) is 3.90. The third-order valence-electron chi connectivity index (χ3n) is 3.70. The molecule has 0 aliphatic carbocycles. The molecule has 0 saturated carbocycles. The molecule has 0 unspecified atom stereocenters. The van der Waals surface area contributed by atoms with E-state index in [1.807, 2.05) is 0 Å². The average molecular weight is 397 g/mol. The Kier molecular flexibility index (Phi) is 5.92. The SMILES string of the molecule is COC(=O)C1=C(C(=O)OC)N(c2c(C(=O)O)cccc2C(F)(F)F)C=CC=C1. The Morgan fingerprint density at radius 2 is 1.68 bits per heavy atom. The summed E-state index contributed by atoms with van der Waals surface area (Å²) in [7, 11) is 1.99. The Morgan fingerprint density at radius 1 is 1.04 bits per heavy atom. The second-order valence-corrected chi connectivity index (χ2v) is 5.32. The van der Waals surface area contributed by atoms with Gasteiger partial charge in [0.25, 0.3) is 0 Å². The molecule has 1 aromatic rings. The van der Waals surface area contributed by atoms with Gasteiger partial charge in [-0.25, -0.2) is 14.4 Å². The lowest BCUT2D eigenvalue weighted by Crippen LogP contribution is -2.30. The standard InChI is InChI=1S/C18H14F3NO6/c1-27-16(25)11-6-3-4-9-22(14(11)17(26)28-2)13-10(15(23)24)7-5-8-12(13)18(19,20)21/h3-9H,1-2H3,(H,23,24). The maximum absolute atomic E-state index is 13.6. The number of benzene rings is 1. The number of esters is 2. The molecule has 0 radical (unpaired) electrons. The van der Waals surface area contributed by atoms with Gasteiger partial charge in [-0.15, -0.1) is 0 Å². The Bertz CT molecular complexity index is 914. The first-order valence-corrected chi connectivity index (χ1v) is 7.62. The normalized spacial score (nSPS) is 14.0. The van der Waals surface area contributed by atoms with Gasteiger partial charge >= 0.3 is 24.1 Å². The molecular formula is C18H14F3NO6. The van der Waals surface area contributed by atoms with Crippen molar-refractivity contribution >= 4 is 23.6 Å². The van der Waals surface area contributed by atoms with Crippen LogP contribution in [0.1, 0.15) is 15.9 Å². The van der Waals surface area contributed by atoms with Crippen molar-refractivity contribution in [3.8, 4) is 0 Å². The first-order chi connectivity index (χ1) is 13.1. The number of methoxy groups -OCH3 is 2. The molecule has 0 saturated heterocycles. The minimum absolute atomic E-state index is 0.410. The monoisotopic (exact) mass is 397 g/mol. The van der Waals surface area contributed by atoms with Gasteiger partial charge < -0.3 is 19.5 Å². The number of para-hydroxylation sites is 1. The highest BCUT2D eigenvalue weighted by Crippen LogP contribution is 2.41. The molecule has 0 atom stereocenters. The second kappa shape index (κ2) is 7.99. The number of carboxylic acids is 1. The van der Waals surface area contributed by atoms with Crippen LogP contribution < -0.4 is 4.90 Å². The predicted octanol–water partition coefficient (Wildman–Crippen LogP) is 2.89. The Hall–Kier alpha value is -3.56. The van der Waals surface area contributed by atoms with Crippen LogP contribution in [-0.4, -0.2) is 37.2 Å². The number of carbonyl (C=O) groups is 3. The van der Waals surface area contributed by atoms with E-state index in [1.165, 1.54) is 12.2 Å². The highest BCUT2D eigenvalue weighted by atomic mass is 19.4. The molecule has 1 aromatic carbocycles. The van der Waals surface area contributed by atoms with E-state index in [0.29, 0.717) is 11.0 Å². The van der Waals surface area contributed by atoms with Crippen molar-refractivity contribution in [2.24, 2.45) is 0 Å². The molecule has 28 heavy (non-hydrogen) atoms. The van der Waals surface area contributed by atoms with Crippen molar-refractivity contribution in [2.45, 2.75) is 6.18 Å². The largest absolute Gasteiger partial charge is 0.478 e. The van der Waals surface area contributed by atoms with Gasteiger partial charge in [-0.1, -0.05) is 12.1 Å². The third-order valence-corrected chi connectivity index (χ3v) is 3.70. The number of rotatable bonds is 4. The molecule has 148 valence electrons. The van der Waals surface area contributed by atoms with Gasteiger partial charge in [0.05, 0.1) is 36.6 Å². The van der Waals surface area contributed by atoms with E-state index in [9.17, 15) is 32.7 Å². The summed E-state index contributed by atoms with van der Waals surface area (Å²) in [5.74, 6) is -3.84. The van der Waals surface area contributed by atoms with Crippen molar-refractivity contribution in [3.63, 3.8) is 0 Å². The van der Waals surface area contributed by atoms with Crippen molar-refractivity contribution in [1.29, 1.82) is 0 Å². The van der Waals surface area contributed by atoms with Crippen LogP contribution >= 0.6 is 0 Å². The van der Waals surface area contributed by atoms with Crippen molar-refractivity contribution in [1.82, 2.24) is 0 Å². The molecule has 0 aromatic heterocycles. The smallest absolute Gasteiger partial charge is 0.418 e. The average Bonchev–Trinajstić information content (AvgIpc) is 2.88. The number of anilines is 1. The van der Waals surface area contributed by atoms with E-state index in [2.05, 4.69) is 9.47 Å². The first kappa shape index (κ1) is 20.7. The molecule has 0 amide bonds. The molecular weight excluding hydrogens is 383 g/mol. The number of allylic oxidation sites excluding steroid dienone is 2. The summed E-state index contributed by atoms with van der Waals surface area (Å²) < 4.78 is 50.0. The van der Waals surface area contributed by atoms with Gasteiger partial charge in [-0.05, 0) is 24.3 Å². The zero-order valence-electron chi connectivity index (χ0n) is 14.6. The van der Waals surface area contributed by atoms with E-state index >= 15 is 0 Å². The Labute approximate surface area is 156 Å². The highest BCUT2D eigenvalue weighted by Gasteiger charge is 2.39. The first-order valence-electron chi connectivity index (χ1n) is 7.62. The minimum atomic E-state index is -4.94. The van der Waals surface area contributed by atoms with Crippen LogP contribution in [0.2, 0.25) is 0 Å². The van der Waals surface area contributed by atoms with Gasteiger partial charge in [0.15, 0.2) is 0 Å². The van der Waals surface area contributed by atoms with Crippen molar-refractivity contribution in [3.05, 3.63) is 65.0 Å². The second-order valence-electron chi connectivity index (χ2n) is 5.32. The van der Waals surface area contributed by atoms with Crippen LogP contribution in [0.3, 0.4) is 0 Å². The van der Waals surface area contributed by atoms with Crippen LogP contribution in [0.25, 0.3) is 0 Å². The molecule has 1 heterocycles. The van der Waals surface area contributed by atoms with Crippen LogP contribution in [0.15, 0.2) is 53.9 Å². The lowest BCUT2D eigenvalue weighted by molar-refractivity contribution is -0.139. The highest BCUT2D eigenvalue weighted by molar-refractivity contribution is 6.07. The number of halogens is 3. The van der Waals surface area contributed by atoms with Crippen LogP contribution in [-0.2, 0) is 25.2 Å². The van der Waals surface area contributed by atoms with E-state index < -0.39 is 52.2 Å². The zero-order valence-corrected chi connectivity index (χ0v) is 14.6. The molecule has 2 rings (SSSR count). The molecule has 1 N–H and O–H groups in total. The summed E-state index contributed by atoms with van der Waals surface area (Å²) in [4.78, 5) is 36.7. The summed E-state index contributed by atoms with van der Waals surface area (Å²) in [6.45, 7) is 0. The number of nitrogens with zero attached hydrogens (tertiary/aromatic N) is 1. The topological polar surface area (TPSA) is 93.1 Å². The summed E-state index contributed by atoms with van der Waals surface area (Å²) in [5, 5.41) is 9.40. The van der Waals surface area contributed by atoms with Crippen LogP contribution in [0.4, 0.5) is 18.9 Å². The summed E-state index contributed by atoms with van der Waals surface area (Å²) >= 11 is 0. The molecule has 0 bridgehead atoms. The van der Waals surface area contributed by atoms with Crippen LogP contribution in [0.5, 0.6) is 0 Å². The van der Waals surface area contributed by atoms with Gasteiger partial charge in [0.1, 0.15) is 5.70 Å². The van der Waals surface area contributed by atoms with Crippen molar-refractivity contribution < 1.29 is 42.1 Å². The fraction of sp³-hybridized carbons (Fsp3) is 0.167. The zero-order chi connectivity index (χ0) is 21.1. The number of carboxylic acid groups (broad SMARTS) is 1. The minimum Gasteiger partial charge on any atom is -0.478 e. The fourth-order valence-electron chi connectivity index (χ4n) is 2.54. The van der Waals surface area contributed by atoms with E-state index in [1.54, 1.807) is 0 Å². The maximum Gasteiger partial charge on any atom is 0.418 e. The quantitative estimate of drug-likeness (QED) is 0.781. The maximum atomic E-state index is 13.6. The molecule has 1 aliphatic rings. The molecule has 1 aliphatic heterocycles. The molecule has 10 heteroatoms. The van der Waals surface area contributed by atoms with Gasteiger partial charge in [-0.3, -0.25) is 0 Å². The Balaban J connectivity index is 2.93. The molecule has 0 fully saturated rings. The summed E-state index contributed by atoms with van der Waals surface area (Å²) in [6, 6.07) is 2.55. The van der Waals surface area contributed by atoms with Gasteiger partial charge in [0, 0.05) is 6.20 Å². The number of alkyl halides is 3. The summed E-state index contributed by atoms with van der Waals surface area (Å²) in [5.41, 5.74) is -3.92. The van der Waals surface area contributed by atoms with Gasteiger partial charge in [0.2, 0.25) is 0 Å². The van der Waals surface area contributed by atoms with Gasteiger partial charge in [-0.2, -0.15) is 13.2 Å². The number of hydrogen-bond donors (Lipinski definition) is 1. The Morgan fingerprint density at radius 3 is 2.21 bits per heavy atom. The molecule has 0 spiro atoms.